The molecule has 8 nitrogen and oxygen atoms in total. The van der Waals surface area contributed by atoms with E-state index in [1.165, 1.54) is 30.7 Å². The molecule has 162 valence electrons. The molecule has 30 heavy (non-hydrogen) atoms. The van der Waals surface area contributed by atoms with Crippen molar-refractivity contribution in [2.75, 3.05) is 45.1 Å². The van der Waals surface area contributed by atoms with Gasteiger partial charge in [0.15, 0.2) is 11.5 Å². The zero-order valence-corrected chi connectivity index (χ0v) is 18.4. The third-order valence-corrected chi connectivity index (χ3v) is 7.02. The summed E-state index contributed by atoms with van der Waals surface area (Å²) >= 11 is 0. The van der Waals surface area contributed by atoms with Crippen molar-refractivity contribution in [1.82, 2.24) is 4.31 Å². The van der Waals surface area contributed by atoms with Gasteiger partial charge < -0.3 is 19.7 Å². The molecule has 9 heteroatoms. The molecule has 2 aromatic carbocycles. The van der Waals surface area contributed by atoms with Gasteiger partial charge in [0.1, 0.15) is 6.04 Å². The van der Waals surface area contributed by atoms with E-state index in [1.54, 1.807) is 18.2 Å². The number of methoxy groups -OCH3 is 2. The third-order valence-electron chi connectivity index (χ3n) is 5.12. The molecule has 3 rings (SSSR count). The van der Waals surface area contributed by atoms with Crippen molar-refractivity contribution in [1.29, 1.82) is 0 Å². The monoisotopic (exact) mass is 433 g/mol. The Labute approximate surface area is 177 Å². The fraction of sp³-hybridized carbons (Fsp3) is 0.381. The van der Waals surface area contributed by atoms with E-state index in [4.69, 9.17) is 9.47 Å². The normalized spacial score (nSPS) is 16.9. The summed E-state index contributed by atoms with van der Waals surface area (Å²) < 4.78 is 38.1. The molecular formula is C21H27N3O5S. The Balaban J connectivity index is 1.81. The molecule has 1 heterocycles. The quantitative estimate of drug-likeness (QED) is 0.722. The highest BCUT2D eigenvalue weighted by Crippen LogP contribution is 2.33. The summed E-state index contributed by atoms with van der Waals surface area (Å²) in [5.41, 5.74) is 1.63. The van der Waals surface area contributed by atoms with E-state index in [0.717, 1.165) is 5.69 Å². The van der Waals surface area contributed by atoms with Gasteiger partial charge >= 0.3 is 0 Å². The van der Waals surface area contributed by atoms with Crippen LogP contribution in [0.15, 0.2) is 47.4 Å². The van der Waals surface area contributed by atoms with Crippen molar-refractivity contribution in [2.45, 2.75) is 23.8 Å². The molecule has 1 unspecified atom stereocenters. The first-order valence-electron chi connectivity index (χ1n) is 9.60. The highest BCUT2D eigenvalue weighted by atomic mass is 32.2. The van der Waals surface area contributed by atoms with Crippen LogP contribution in [0.25, 0.3) is 0 Å². The first-order chi connectivity index (χ1) is 14.3. The van der Waals surface area contributed by atoms with Gasteiger partial charge in [-0.25, -0.2) is 8.42 Å². The zero-order valence-electron chi connectivity index (χ0n) is 17.6. The van der Waals surface area contributed by atoms with Crippen molar-refractivity contribution in [3.8, 4) is 11.5 Å². The Kier molecular flexibility index (Phi) is 6.52. The van der Waals surface area contributed by atoms with E-state index in [1.807, 2.05) is 31.1 Å². The van der Waals surface area contributed by atoms with Crippen molar-refractivity contribution < 1.29 is 22.7 Å². The number of nitrogens with zero attached hydrogens (tertiary/aromatic N) is 2. The summed E-state index contributed by atoms with van der Waals surface area (Å²) in [5, 5.41) is 2.84. The molecule has 1 atom stereocenters. The topological polar surface area (TPSA) is 88.2 Å². The molecule has 2 aromatic rings. The van der Waals surface area contributed by atoms with Gasteiger partial charge in [-0.15, -0.1) is 0 Å². The van der Waals surface area contributed by atoms with Crippen LogP contribution in [0.3, 0.4) is 0 Å². The maximum absolute atomic E-state index is 13.2. The minimum absolute atomic E-state index is 0.0650. The van der Waals surface area contributed by atoms with Crippen LogP contribution in [-0.2, 0) is 14.8 Å². The zero-order chi connectivity index (χ0) is 21.9. The molecule has 1 fully saturated rings. The fourth-order valence-electron chi connectivity index (χ4n) is 3.47. The average molecular weight is 434 g/mol. The molecular weight excluding hydrogens is 406 g/mol. The molecule has 0 aliphatic carbocycles. The van der Waals surface area contributed by atoms with Gasteiger partial charge in [0.2, 0.25) is 15.9 Å². The third kappa shape index (κ3) is 4.36. The molecule has 0 radical (unpaired) electrons. The minimum atomic E-state index is -3.87. The lowest BCUT2D eigenvalue weighted by molar-refractivity contribution is -0.119. The largest absolute Gasteiger partial charge is 0.493 e. The average Bonchev–Trinajstić information content (AvgIpc) is 3.24. The maximum atomic E-state index is 13.2. The molecule has 1 amide bonds. The van der Waals surface area contributed by atoms with Crippen molar-refractivity contribution in [2.24, 2.45) is 0 Å². The second-order valence-electron chi connectivity index (χ2n) is 7.22. The molecule has 0 spiro atoms. The standard InChI is InChI=1S/C21H27N3O5S/c1-23(2)16-9-7-15(8-10-16)22-21(25)18-6-5-13-24(18)30(26,27)17-11-12-19(28-3)20(14-17)29-4/h7-12,14,18H,5-6,13H2,1-4H3,(H,22,25). The number of benzene rings is 2. The lowest BCUT2D eigenvalue weighted by Crippen LogP contribution is -2.43. The van der Waals surface area contributed by atoms with Crippen LogP contribution < -0.4 is 19.7 Å². The van der Waals surface area contributed by atoms with Crippen LogP contribution in [-0.4, -0.2) is 59.5 Å². The predicted octanol–water partition coefficient (Wildman–Crippen LogP) is 2.56. The molecule has 1 aliphatic heterocycles. The first kappa shape index (κ1) is 21.9. The van der Waals surface area contributed by atoms with Crippen molar-refractivity contribution >= 4 is 27.3 Å². The van der Waals surface area contributed by atoms with Crippen LogP contribution in [0.5, 0.6) is 11.5 Å². The van der Waals surface area contributed by atoms with Gasteiger partial charge in [-0.2, -0.15) is 4.31 Å². The van der Waals surface area contributed by atoms with Crippen LogP contribution >= 0.6 is 0 Å². The number of anilines is 2. The first-order valence-corrected chi connectivity index (χ1v) is 11.0. The molecule has 0 aromatic heterocycles. The van der Waals surface area contributed by atoms with Crippen LogP contribution in [0.4, 0.5) is 11.4 Å². The Morgan fingerprint density at radius 1 is 1.07 bits per heavy atom. The van der Waals surface area contributed by atoms with Gasteiger partial charge in [-0.1, -0.05) is 0 Å². The van der Waals surface area contributed by atoms with Gasteiger partial charge in [0, 0.05) is 38.1 Å². The highest BCUT2D eigenvalue weighted by molar-refractivity contribution is 7.89. The number of carbonyl (C=O) groups excluding carboxylic acids is 1. The molecule has 1 aliphatic rings. The van der Waals surface area contributed by atoms with Gasteiger partial charge in [-0.05, 0) is 49.2 Å². The number of hydrogen-bond donors (Lipinski definition) is 1. The number of sulfonamides is 1. The molecule has 1 saturated heterocycles. The van der Waals surface area contributed by atoms with E-state index >= 15 is 0 Å². The number of ether oxygens (including phenoxy) is 2. The lowest BCUT2D eigenvalue weighted by atomic mass is 10.2. The van der Waals surface area contributed by atoms with Crippen molar-refractivity contribution in [3.05, 3.63) is 42.5 Å². The van der Waals surface area contributed by atoms with E-state index < -0.39 is 16.1 Å². The number of nitrogens with one attached hydrogen (secondary N) is 1. The van der Waals surface area contributed by atoms with Crippen molar-refractivity contribution in [3.63, 3.8) is 0 Å². The van der Waals surface area contributed by atoms with E-state index in [2.05, 4.69) is 5.32 Å². The Morgan fingerprint density at radius 3 is 2.33 bits per heavy atom. The summed E-state index contributed by atoms with van der Waals surface area (Å²) in [6.45, 7) is 0.286. The Hall–Kier alpha value is -2.78. The summed E-state index contributed by atoms with van der Waals surface area (Å²) in [5.74, 6) is 0.419. The van der Waals surface area contributed by atoms with Crippen LogP contribution in [0.1, 0.15) is 12.8 Å². The Morgan fingerprint density at radius 2 is 1.73 bits per heavy atom. The summed E-state index contributed by atoms with van der Waals surface area (Å²) in [7, 11) is 2.93. The Bertz CT molecular complexity index is 1010. The minimum Gasteiger partial charge on any atom is -0.493 e. The highest BCUT2D eigenvalue weighted by Gasteiger charge is 2.39. The SMILES string of the molecule is COc1ccc(S(=O)(=O)N2CCCC2C(=O)Nc2ccc(N(C)C)cc2)cc1OC. The number of carbonyl (C=O) groups is 1. The van der Waals surface area contributed by atoms with E-state index in [0.29, 0.717) is 30.0 Å². The van der Waals surface area contributed by atoms with Gasteiger partial charge in [-0.3, -0.25) is 4.79 Å². The summed E-state index contributed by atoms with van der Waals surface area (Å²) in [4.78, 5) is 14.9. The summed E-state index contributed by atoms with van der Waals surface area (Å²) in [6.07, 6.45) is 1.08. The number of hydrogen-bond acceptors (Lipinski definition) is 6. The number of amides is 1. The smallest absolute Gasteiger partial charge is 0.243 e. The molecule has 0 bridgehead atoms. The van der Waals surface area contributed by atoms with Crippen LogP contribution in [0, 0.1) is 0 Å². The maximum Gasteiger partial charge on any atom is 0.243 e. The molecule has 1 N–H and O–H groups in total. The second-order valence-corrected chi connectivity index (χ2v) is 9.11. The van der Waals surface area contributed by atoms with Gasteiger partial charge in [0.25, 0.3) is 0 Å². The lowest BCUT2D eigenvalue weighted by Gasteiger charge is -2.24. The second kappa shape index (κ2) is 8.93. The summed E-state index contributed by atoms with van der Waals surface area (Å²) in [6, 6.07) is 11.0. The van der Waals surface area contributed by atoms with Crippen LogP contribution in [0.2, 0.25) is 0 Å². The number of rotatable bonds is 7. The van der Waals surface area contributed by atoms with Gasteiger partial charge in [0.05, 0.1) is 19.1 Å². The van der Waals surface area contributed by atoms with E-state index in [9.17, 15) is 13.2 Å². The predicted molar refractivity (Wildman–Crippen MR) is 116 cm³/mol. The fourth-order valence-corrected chi connectivity index (χ4v) is 5.14. The van der Waals surface area contributed by atoms with E-state index in [-0.39, 0.29) is 17.3 Å². The molecule has 0 saturated carbocycles.